The quantitative estimate of drug-likeness (QED) is 0.302. The predicted octanol–water partition coefficient (Wildman–Crippen LogP) is -2.15. The maximum atomic E-state index is 10.2. The molecular formula is C19H28O10. The van der Waals surface area contributed by atoms with Gasteiger partial charge in [0.15, 0.2) is 12.6 Å². The maximum absolute atomic E-state index is 10.2. The van der Waals surface area contributed by atoms with E-state index in [0.29, 0.717) is 0 Å². The lowest BCUT2D eigenvalue weighted by molar-refractivity contribution is -0.329. The maximum Gasteiger partial charge on any atom is 0.187 e. The van der Waals surface area contributed by atoms with Crippen molar-refractivity contribution >= 4 is 0 Å². The second-order valence-corrected chi connectivity index (χ2v) is 7.33. The monoisotopic (exact) mass is 416 g/mol. The molecule has 10 nitrogen and oxygen atoms in total. The largest absolute Gasteiger partial charge is 0.388 e. The molecule has 3 rings (SSSR count). The molecule has 2 aliphatic rings. The van der Waals surface area contributed by atoms with Crippen LogP contribution in [0.2, 0.25) is 0 Å². The molecule has 2 saturated heterocycles. The van der Waals surface area contributed by atoms with Gasteiger partial charge in [-0.3, -0.25) is 0 Å². The first-order valence-electron chi connectivity index (χ1n) is 9.46. The van der Waals surface area contributed by atoms with Gasteiger partial charge in [0.05, 0.1) is 19.3 Å². The minimum absolute atomic E-state index is 0.116. The van der Waals surface area contributed by atoms with Crippen LogP contribution in [0.25, 0.3) is 0 Å². The molecule has 6 N–H and O–H groups in total. The summed E-state index contributed by atoms with van der Waals surface area (Å²) >= 11 is 0. The highest BCUT2D eigenvalue weighted by Gasteiger charge is 2.46. The molecule has 1 aromatic rings. The molecule has 0 spiro atoms. The molecule has 0 amide bonds. The third-order valence-electron chi connectivity index (χ3n) is 5.16. The molecule has 0 aromatic heterocycles. The number of aliphatic hydroxyl groups is 6. The average molecular weight is 416 g/mol. The first-order chi connectivity index (χ1) is 13.8. The lowest BCUT2D eigenvalue weighted by Gasteiger charge is -2.42. The topological polar surface area (TPSA) is 158 Å². The fourth-order valence-corrected chi connectivity index (χ4v) is 3.29. The predicted molar refractivity (Wildman–Crippen MR) is 96.2 cm³/mol. The Balaban J connectivity index is 1.58. The summed E-state index contributed by atoms with van der Waals surface area (Å²) in [5.41, 5.74) is 0.831. The van der Waals surface area contributed by atoms with Crippen molar-refractivity contribution in [3.63, 3.8) is 0 Å². The van der Waals surface area contributed by atoms with Crippen LogP contribution < -0.4 is 0 Å². The molecule has 0 saturated carbocycles. The smallest absolute Gasteiger partial charge is 0.187 e. The van der Waals surface area contributed by atoms with E-state index in [-0.39, 0.29) is 13.2 Å². The van der Waals surface area contributed by atoms with E-state index >= 15 is 0 Å². The van der Waals surface area contributed by atoms with Crippen molar-refractivity contribution in [2.24, 2.45) is 0 Å². The Morgan fingerprint density at radius 1 is 0.724 bits per heavy atom. The van der Waals surface area contributed by atoms with E-state index in [9.17, 15) is 30.6 Å². The van der Waals surface area contributed by atoms with Crippen molar-refractivity contribution in [2.45, 2.75) is 74.9 Å². The number of benzene rings is 1. The summed E-state index contributed by atoms with van der Waals surface area (Å²) in [7, 11) is 0. The summed E-state index contributed by atoms with van der Waals surface area (Å²) in [6.45, 7) is 1.30. The van der Waals surface area contributed by atoms with Gasteiger partial charge in [0.25, 0.3) is 0 Å². The third-order valence-corrected chi connectivity index (χ3v) is 5.16. The summed E-state index contributed by atoms with van der Waals surface area (Å²) in [6.07, 6.45) is -13.1. The van der Waals surface area contributed by atoms with Crippen LogP contribution in [0.3, 0.4) is 0 Å². The normalized spacial score (nSPS) is 43.3. The Morgan fingerprint density at radius 2 is 1.31 bits per heavy atom. The van der Waals surface area contributed by atoms with Gasteiger partial charge in [-0.15, -0.1) is 0 Å². The van der Waals surface area contributed by atoms with Gasteiger partial charge in [0, 0.05) is 0 Å². The molecule has 2 fully saturated rings. The van der Waals surface area contributed by atoms with E-state index < -0.39 is 61.4 Å². The molecule has 0 bridgehead atoms. The SMILES string of the molecule is C[C@H]1O[C@H](OC[C@H]2O[C@@H](OCc3ccccc3)[C@H](O)[C@@H](O)[C@H]2O)[C@@H](O)[C@@H](O)[C@H]1O. The van der Waals surface area contributed by atoms with E-state index in [1.54, 1.807) is 0 Å². The van der Waals surface area contributed by atoms with Crippen molar-refractivity contribution in [1.29, 1.82) is 0 Å². The van der Waals surface area contributed by atoms with E-state index in [2.05, 4.69) is 0 Å². The van der Waals surface area contributed by atoms with Crippen LogP contribution in [0, 0.1) is 0 Å². The van der Waals surface area contributed by atoms with Crippen molar-refractivity contribution in [3.05, 3.63) is 35.9 Å². The standard InChI is InChI=1S/C19H28O10/c1-9-12(20)14(22)16(24)18(28-9)27-8-11-13(21)15(23)17(25)19(29-11)26-7-10-5-3-2-4-6-10/h2-6,9,11-25H,7-8H2,1H3/t9-,11-,12+,13+,14+,15+,16+,17-,18+,19-/m1/s1. The second-order valence-electron chi connectivity index (χ2n) is 7.33. The van der Waals surface area contributed by atoms with Crippen molar-refractivity contribution < 1.29 is 49.6 Å². The van der Waals surface area contributed by atoms with Crippen LogP contribution in [0.4, 0.5) is 0 Å². The minimum Gasteiger partial charge on any atom is -0.388 e. The highest BCUT2D eigenvalue weighted by atomic mass is 16.7. The van der Waals surface area contributed by atoms with E-state index in [1.807, 2.05) is 30.3 Å². The number of rotatable bonds is 6. The van der Waals surface area contributed by atoms with Crippen LogP contribution in [-0.4, -0.2) is 98.7 Å². The molecule has 10 heteroatoms. The van der Waals surface area contributed by atoms with Gasteiger partial charge in [-0.05, 0) is 12.5 Å². The van der Waals surface area contributed by atoms with Gasteiger partial charge in [-0.2, -0.15) is 0 Å². The second kappa shape index (κ2) is 9.75. The lowest BCUT2D eigenvalue weighted by atomic mass is 9.98. The molecule has 1 aromatic carbocycles. The lowest BCUT2D eigenvalue weighted by Crippen LogP contribution is -2.61. The van der Waals surface area contributed by atoms with Gasteiger partial charge in [-0.25, -0.2) is 0 Å². The molecule has 164 valence electrons. The number of ether oxygens (including phenoxy) is 4. The molecule has 0 unspecified atom stereocenters. The Morgan fingerprint density at radius 3 is 1.97 bits per heavy atom. The Hall–Kier alpha value is -1.18. The van der Waals surface area contributed by atoms with Crippen LogP contribution >= 0.6 is 0 Å². The van der Waals surface area contributed by atoms with Crippen LogP contribution in [0.15, 0.2) is 30.3 Å². The van der Waals surface area contributed by atoms with Crippen molar-refractivity contribution in [1.82, 2.24) is 0 Å². The fourth-order valence-electron chi connectivity index (χ4n) is 3.29. The first kappa shape index (κ1) is 22.5. The molecule has 2 heterocycles. The van der Waals surface area contributed by atoms with Crippen molar-refractivity contribution in [2.75, 3.05) is 6.61 Å². The zero-order chi connectivity index (χ0) is 21.1. The number of hydrogen-bond acceptors (Lipinski definition) is 10. The van der Waals surface area contributed by atoms with E-state index in [1.165, 1.54) is 6.92 Å². The Bertz CT molecular complexity index is 631. The summed E-state index contributed by atoms with van der Waals surface area (Å²) in [5, 5.41) is 60.0. The highest BCUT2D eigenvalue weighted by Crippen LogP contribution is 2.26. The first-order valence-corrected chi connectivity index (χ1v) is 9.46. The van der Waals surface area contributed by atoms with Crippen LogP contribution in [-0.2, 0) is 25.6 Å². The molecule has 0 aliphatic carbocycles. The zero-order valence-corrected chi connectivity index (χ0v) is 15.9. The fraction of sp³-hybridized carbons (Fsp3) is 0.684. The van der Waals surface area contributed by atoms with Crippen LogP contribution in [0.5, 0.6) is 0 Å². The number of hydrogen-bond donors (Lipinski definition) is 6. The van der Waals surface area contributed by atoms with Gasteiger partial charge >= 0.3 is 0 Å². The highest BCUT2D eigenvalue weighted by molar-refractivity contribution is 5.13. The van der Waals surface area contributed by atoms with E-state index in [4.69, 9.17) is 18.9 Å². The van der Waals surface area contributed by atoms with Crippen LogP contribution in [0.1, 0.15) is 12.5 Å². The van der Waals surface area contributed by atoms with Gasteiger partial charge in [-0.1, -0.05) is 30.3 Å². The molecule has 0 radical (unpaired) electrons. The summed E-state index contributed by atoms with van der Waals surface area (Å²) < 4.78 is 21.8. The molecular weight excluding hydrogens is 388 g/mol. The van der Waals surface area contributed by atoms with Gasteiger partial charge in [0.2, 0.25) is 0 Å². The minimum atomic E-state index is -1.54. The molecule has 10 atom stereocenters. The Kier molecular flexibility index (Phi) is 7.57. The molecule has 29 heavy (non-hydrogen) atoms. The van der Waals surface area contributed by atoms with Crippen molar-refractivity contribution in [3.8, 4) is 0 Å². The van der Waals surface area contributed by atoms with Gasteiger partial charge in [0.1, 0.15) is 42.7 Å². The summed E-state index contributed by atoms with van der Waals surface area (Å²) in [5.74, 6) is 0. The third kappa shape index (κ3) is 5.12. The van der Waals surface area contributed by atoms with E-state index in [0.717, 1.165) is 5.56 Å². The zero-order valence-electron chi connectivity index (χ0n) is 15.9. The number of aliphatic hydroxyl groups excluding tert-OH is 6. The average Bonchev–Trinajstić information content (AvgIpc) is 2.73. The summed E-state index contributed by atoms with van der Waals surface area (Å²) in [4.78, 5) is 0. The van der Waals surface area contributed by atoms with Gasteiger partial charge < -0.3 is 49.6 Å². The Labute approximate surface area is 167 Å². The summed E-state index contributed by atoms with van der Waals surface area (Å²) in [6, 6.07) is 9.15. The molecule has 2 aliphatic heterocycles.